The number of carboxylic acids is 2. The average molecular weight is 328 g/mol. The fourth-order valence-corrected chi connectivity index (χ4v) is 1.75. The van der Waals surface area contributed by atoms with Crippen LogP contribution in [0.25, 0.3) is 0 Å². The normalized spacial score (nSPS) is 10.3. The van der Waals surface area contributed by atoms with E-state index in [0.29, 0.717) is 12.8 Å². The molecule has 0 amide bonds. The van der Waals surface area contributed by atoms with Crippen molar-refractivity contribution in [2.75, 3.05) is 13.2 Å². The largest absolute Gasteiger partial charge is 0.481 e. The van der Waals surface area contributed by atoms with Gasteiger partial charge in [-0.3, -0.25) is 9.59 Å². The fourth-order valence-electron chi connectivity index (χ4n) is 1.75. The second kappa shape index (κ2) is 15.3. The molecule has 0 aliphatic carbocycles. The van der Waals surface area contributed by atoms with Crippen LogP contribution in [0, 0.1) is 11.8 Å². The van der Waals surface area contributed by atoms with Gasteiger partial charge in [0.15, 0.2) is 0 Å². The summed E-state index contributed by atoms with van der Waals surface area (Å²) in [5.74, 6) is 4.16. The average Bonchev–Trinajstić information content (AvgIpc) is 2.50. The Bertz CT molecular complexity index is 360. The monoisotopic (exact) mass is 328 g/mol. The molecule has 132 valence electrons. The standard InChI is InChI=1S/C17H28O6/c1-2-3-4-5-6-7-12-17(22-13-8-10-15(18)19)23-14-9-11-16(20)21/h17H,2-6,8-11,13-14H2,1H3,(H,18,19)(H,20,21). The van der Waals surface area contributed by atoms with E-state index < -0.39 is 18.2 Å². The lowest BCUT2D eigenvalue weighted by molar-refractivity contribution is -0.139. The highest BCUT2D eigenvalue weighted by Crippen LogP contribution is 2.03. The van der Waals surface area contributed by atoms with Gasteiger partial charge >= 0.3 is 11.9 Å². The third-order valence-corrected chi connectivity index (χ3v) is 2.98. The molecular formula is C17H28O6. The van der Waals surface area contributed by atoms with Crippen molar-refractivity contribution in [3.63, 3.8) is 0 Å². The van der Waals surface area contributed by atoms with E-state index in [9.17, 15) is 9.59 Å². The van der Waals surface area contributed by atoms with E-state index in [1.165, 1.54) is 12.8 Å². The predicted octanol–water partition coefficient (Wildman–Crippen LogP) is 3.05. The summed E-state index contributed by atoms with van der Waals surface area (Å²) in [6.07, 6.45) is 5.46. The van der Waals surface area contributed by atoms with Crippen LogP contribution in [0.3, 0.4) is 0 Å². The Hall–Kier alpha value is -1.58. The van der Waals surface area contributed by atoms with Crippen molar-refractivity contribution in [2.24, 2.45) is 0 Å². The smallest absolute Gasteiger partial charge is 0.303 e. The molecule has 6 nitrogen and oxygen atoms in total. The Morgan fingerprint density at radius 2 is 1.48 bits per heavy atom. The molecule has 0 heterocycles. The molecule has 23 heavy (non-hydrogen) atoms. The van der Waals surface area contributed by atoms with E-state index in [1.807, 2.05) is 0 Å². The van der Waals surface area contributed by atoms with E-state index in [4.69, 9.17) is 19.7 Å². The minimum absolute atomic E-state index is 0.0379. The summed E-state index contributed by atoms with van der Waals surface area (Å²) in [5.41, 5.74) is 0. The second-order valence-corrected chi connectivity index (χ2v) is 5.20. The quantitative estimate of drug-likeness (QED) is 0.289. The summed E-state index contributed by atoms with van der Waals surface area (Å²) in [5, 5.41) is 17.2. The summed E-state index contributed by atoms with van der Waals surface area (Å²) >= 11 is 0. The Kier molecular flexibility index (Phi) is 14.3. The molecule has 2 N–H and O–H groups in total. The highest BCUT2D eigenvalue weighted by molar-refractivity contribution is 5.66. The van der Waals surface area contributed by atoms with Crippen LogP contribution in [0.4, 0.5) is 0 Å². The number of unbranched alkanes of at least 4 members (excludes halogenated alkanes) is 4. The zero-order valence-electron chi connectivity index (χ0n) is 13.9. The molecule has 0 aromatic rings. The first kappa shape index (κ1) is 21.4. The van der Waals surface area contributed by atoms with E-state index >= 15 is 0 Å². The Balaban J connectivity index is 4.06. The number of hydrogen-bond donors (Lipinski definition) is 2. The highest BCUT2D eigenvalue weighted by atomic mass is 16.7. The van der Waals surface area contributed by atoms with Gasteiger partial charge in [0.2, 0.25) is 6.29 Å². The minimum atomic E-state index is -0.866. The predicted molar refractivity (Wildman–Crippen MR) is 86.0 cm³/mol. The lowest BCUT2D eigenvalue weighted by Crippen LogP contribution is -2.17. The molecule has 0 fully saturated rings. The molecule has 0 aromatic heterocycles. The first-order valence-electron chi connectivity index (χ1n) is 8.21. The molecule has 0 spiro atoms. The van der Waals surface area contributed by atoms with Gasteiger partial charge < -0.3 is 19.7 Å². The number of carbonyl (C=O) groups is 2. The summed E-state index contributed by atoms with van der Waals surface area (Å²) in [6.45, 7) is 2.65. The zero-order chi connectivity index (χ0) is 17.3. The third kappa shape index (κ3) is 16.6. The summed E-state index contributed by atoms with van der Waals surface area (Å²) in [6, 6.07) is 0. The van der Waals surface area contributed by atoms with E-state index in [0.717, 1.165) is 19.3 Å². The van der Waals surface area contributed by atoms with Gasteiger partial charge in [0.05, 0.1) is 13.2 Å². The maximum atomic E-state index is 10.4. The molecule has 0 aliphatic heterocycles. The van der Waals surface area contributed by atoms with Crippen LogP contribution in [0.1, 0.15) is 64.7 Å². The Labute approximate surface area is 138 Å². The molecule has 0 rings (SSSR count). The lowest BCUT2D eigenvalue weighted by atomic mass is 10.2. The number of ether oxygens (including phenoxy) is 2. The SMILES string of the molecule is CCCCCCC#CC(OCCCC(=O)O)OCCCC(=O)O. The fraction of sp³-hybridized carbons (Fsp3) is 0.765. The Morgan fingerprint density at radius 1 is 0.913 bits per heavy atom. The van der Waals surface area contributed by atoms with Gasteiger partial charge in [-0.2, -0.15) is 0 Å². The molecule has 0 radical (unpaired) electrons. The van der Waals surface area contributed by atoms with Crippen molar-refractivity contribution in [3.8, 4) is 11.8 Å². The molecule has 0 unspecified atom stereocenters. The van der Waals surface area contributed by atoms with Crippen LogP contribution < -0.4 is 0 Å². The number of carboxylic acid groups (broad SMARTS) is 2. The van der Waals surface area contributed by atoms with Crippen molar-refractivity contribution in [3.05, 3.63) is 0 Å². The van der Waals surface area contributed by atoms with Crippen LogP contribution >= 0.6 is 0 Å². The van der Waals surface area contributed by atoms with E-state index in [-0.39, 0.29) is 26.1 Å². The molecule has 0 bridgehead atoms. The molecule has 0 saturated carbocycles. The summed E-state index contributed by atoms with van der Waals surface area (Å²) in [7, 11) is 0. The minimum Gasteiger partial charge on any atom is -0.481 e. The van der Waals surface area contributed by atoms with Crippen LogP contribution in [0.5, 0.6) is 0 Å². The van der Waals surface area contributed by atoms with Crippen LogP contribution in [0.15, 0.2) is 0 Å². The third-order valence-electron chi connectivity index (χ3n) is 2.98. The summed E-state index contributed by atoms with van der Waals surface area (Å²) < 4.78 is 10.8. The van der Waals surface area contributed by atoms with Crippen LogP contribution in [-0.2, 0) is 19.1 Å². The number of aliphatic carboxylic acids is 2. The second-order valence-electron chi connectivity index (χ2n) is 5.20. The molecule has 0 aromatic carbocycles. The van der Waals surface area contributed by atoms with Gasteiger partial charge in [-0.25, -0.2) is 0 Å². The molecule has 6 heteroatoms. The van der Waals surface area contributed by atoms with Gasteiger partial charge in [0.25, 0.3) is 0 Å². The van der Waals surface area contributed by atoms with Gasteiger partial charge in [-0.1, -0.05) is 32.1 Å². The van der Waals surface area contributed by atoms with Crippen molar-refractivity contribution >= 4 is 11.9 Å². The van der Waals surface area contributed by atoms with Crippen molar-refractivity contribution in [1.29, 1.82) is 0 Å². The van der Waals surface area contributed by atoms with Gasteiger partial charge in [-0.05, 0) is 25.2 Å². The molecule has 0 aliphatic rings. The number of hydrogen-bond acceptors (Lipinski definition) is 4. The number of rotatable bonds is 14. The van der Waals surface area contributed by atoms with Crippen LogP contribution in [0.2, 0.25) is 0 Å². The molecular weight excluding hydrogens is 300 g/mol. The van der Waals surface area contributed by atoms with Crippen molar-refractivity contribution in [2.45, 2.75) is 71.0 Å². The van der Waals surface area contributed by atoms with Gasteiger partial charge in [0.1, 0.15) is 0 Å². The topological polar surface area (TPSA) is 93.1 Å². The van der Waals surface area contributed by atoms with Crippen molar-refractivity contribution < 1.29 is 29.3 Å². The van der Waals surface area contributed by atoms with E-state index in [2.05, 4.69) is 18.8 Å². The first-order chi connectivity index (χ1) is 11.1. The Morgan fingerprint density at radius 3 is 1.96 bits per heavy atom. The van der Waals surface area contributed by atoms with Crippen LogP contribution in [-0.4, -0.2) is 41.7 Å². The summed E-state index contributed by atoms with van der Waals surface area (Å²) in [4.78, 5) is 20.9. The first-order valence-corrected chi connectivity index (χ1v) is 8.21. The van der Waals surface area contributed by atoms with E-state index in [1.54, 1.807) is 0 Å². The molecule has 0 saturated heterocycles. The maximum Gasteiger partial charge on any atom is 0.303 e. The maximum absolute atomic E-state index is 10.4. The molecule has 0 atom stereocenters. The lowest BCUT2D eigenvalue weighted by Gasteiger charge is -2.12. The van der Waals surface area contributed by atoms with Gasteiger partial charge in [-0.15, -0.1) is 0 Å². The van der Waals surface area contributed by atoms with Crippen molar-refractivity contribution in [1.82, 2.24) is 0 Å². The zero-order valence-corrected chi connectivity index (χ0v) is 13.9. The highest BCUT2D eigenvalue weighted by Gasteiger charge is 2.07. The van der Waals surface area contributed by atoms with Gasteiger partial charge in [0, 0.05) is 19.3 Å².